The van der Waals surface area contributed by atoms with E-state index in [4.69, 9.17) is 0 Å². The summed E-state index contributed by atoms with van der Waals surface area (Å²) in [6, 6.07) is 3.30. The Morgan fingerprint density at radius 3 is 2.50 bits per heavy atom. The van der Waals surface area contributed by atoms with Crippen LogP contribution < -0.4 is 5.32 Å². The molecule has 1 atom stereocenters. The number of hydrogen-bond acceptors (Lipinski definition) is 3. The van der Waals surface area contributed by atoms with E-state index in [0.29, 0.717) is 5.01 Å². The summed E-state index contributed by atoms with van der Waals surface area (Å²) >= 11 is 1.36. The quantitative estimate of drug-likeness (QED) is 0.892. The molecule has 1 aromatic heterocycles. The number of rotatable bonds is 3. The highest BCUT2D eigenvalue weighted by Gasteiger charge is 2.21. The van der Waals surface area contributed by atoms with Crippen molar-refractivity contribution in [2.75, 3.05) is 7.05 Å². The molecule has 1 N–H and O–H groups in total. The van der Waals surface area contributed by atoms with Gasteiger partial charge in [-0.15, -0.1) is 11.3 Å². The Morgan fingerprint density at radius 2 is 2.00 bits per heavy atom. The van der Waals surface area contributed by atoms with E-state index in [1.807, 2.05) is 0 Å². The van der Waals surface area contributed by atoms with Crippen LogP contribution in [0, 0.1) is 11.6 Å². The van der Waals surface area contributed by atoms with Crippen LogP contribution in [0.4, 0.5) is 8.78 Å². The third-order valence-corrected chi connectivity index (χ3v) is 3.12. The lowest BCUT2D eigenvalue weighted by atomic mass is 10.1. The van der Waals surface area contributed by atoms with Gasteiger partial charge in [0.15, 0.2) is 0 Å². The van der Waals surface area contributed by atoms with Crippen LogP contribution >= 0.6 is 11.3 Å². The molecule has 0 radical (unpaired) electrons. The minimum atomic E-state index is -0.561. The zero-order valence-corrected chi connectivity index (χ0v) is 9.39. The van der Waals surface area contributed by atoms with Crippen molar-refractivity contribution >= 4 is 11.3 Å². The number of nitrogens with one attached hydrogen (secondary N) is 1. The van der Waals surface area contributed by atoms with Crippen molar-refractivity contribution in [3.8, 4) is 0 Å². The van der Waals surface area contributed by atoms with Gasteiger partial charge >= 0.3 is 0 Å². The Labute approximate surface area is 96.0 Å². The van der Waals surface area contributed by atoms with Gasteiger partial charge in [-0.3, -0.25) is 0 Å². The molecule has 5 heteroatoms. The molecule has 0 bridgehead atoms. The first-order valence-corrected chi connectivity index (χ1v) is 5.62. The fraction of sp³-hybridized carbons (Fsp3) is 0.182. The number of benzene rings is 1. The zero-order chi connectivity index (χ0) is 11.5. The normalized spacial score (nSPS) is 12.7. The minimum Gasteiger partial charge on any atom is -0.307 e. The number of thiazole rings is 1. The van der Waals surface area contributed by atoms with Gasteiger partial charge in [0.25, 0.3) is 0 Å². The second-order valence-corrected chi connectivity index (χ2v) is 4.15. The maximum atomic E-state index is 13.6. The molecule has 0 aliphatic heterocycles. The molecule has 0 aliphatic rings. The largest absolute Gasteiger partial charge is 0.307 e. The predicted molar refractivity (Wildman–Crippen MR) is 59.4 cm³/mol. The van der Waals surface area contributed by atoms with Crippen molar-refractivity contribution in [1.29, 1.82) is 0 Å². The van der Waals surface area contributed by atoms with Gasteiger partial charge in [-0.05, 0) is 19.2 Å². The van der Waals surface area contributed by atoms with Crippen molar-refractivity contribution < 1.29 is 8.78 Å². The number of aromatic nitrogens is 1. The Hall–Kier alpha value is -1.33. The Kier molecular flexibility index (Phi) is 3.26. The van der Waals surface area contributed by atoms with E-state index in [1.54, 1.807) is 18.6 Å². The smallest absolute Gasteiger partial charge is 0.131 e. The molecule has 2 nitrogen and oxygen atoms in total. The van der Waals surface area contributed by atoms with Crippen LogP contribution in [0.3, 0.4) is 0 Å². The fourth-order valence-electron chi connectivity index (χ4n) is 1.55. The standard InChI is InChI=1S/C11H10F2N2S/c1-14-10(11-15-5-6-16-11)9-7(12)3-2-4-8(9)13/h2-6,10,14H,1H3. The molecule has 1 unspecified atom stereocenters. The van der Waals surface area contributed by atoms with Crippen molar-refractivity contribution in [3.63, 3.8) is 0 Å². The third kappa shape index (κ3) is 1.96. The maximum Gasteiger partial charge on any atom is 0.131 e. The minimum absolute atomic E-state index is 0.0138. The second-order valence-electron chi connectivity index (χ2n) is 3.23. The summed E-state index contributed by atoms with van der Waals surface area (Å²) in [5.41, 5.74) is 0.0138. The van der Waals surface area contributed by atoms with Crippen LogP contribution in [0.15, 0.2) is 29.8 Å². The van der Waals surface area contributed by atoms with Gasteiger partial charge in [-0.1, -0.05) is 6.07 Å². The van der Waals surface area contributed by atoms with Crippen LogP contribution in [0.2, 0.25) is 0 Å². The van der Waals surface area contributed by atoms with E-state index in [2.05, 4.69) is 10.3 Å². The average molecular weight is 240 g/mol. The molecule has 84 valence electrons. The number of nitrogens with zero attached hydrogens (tertiary/aromatic N) is 1. The van der Waals surface area contributed by atoms with Gasteiger partial charge in [0.05, 0.1) is 6.04 Å². The molecule has 1 aromatic carbocycles. The van der Waals surface area contributed by atoms with E-state index in [-0.39, 0.29) is 5.56 Å². The summed E-state index contributed by atoms with van der Waals surface area (Å²) in [7, 11) is 1.65. The van der Waals surface area contributed by atoms with Crippen molar-refractivity contribution in [3.05, 3.63) is 52.0 Å². The van der Waals surface area contributed by atoms with Crippen LogP contribution in [0.25, 0.3) is 0 Å². The van der Waals surface area contributed by atoms with Crippen LogP contribution in [0.1, 0.15) is 16.6 Å². The van der Waals surface area contributed by atoms with E-state index in [0.717, 1.165) is 0 Å². The highest BCUT2D eigenvalue weighted by molar-refractivity contribution is 7.09. The molecule has 2 rings (SSSR count). The van der Waals surface area contributed by atoms with Crippen molar-refractivity contribution in [2.24, 2.45) is 0 Å². The zero-order valence-electron chi connectivity index (χ0n) is 8.58. The second kappa shape index (κ2) is 4.67. The lowest BCUT2D eigenvalue weighted by Gasteiger charge is -2.15. The molecular formula is C11H10F2N2S. The molecule has 0 spiro atoms. The highest BCUT2D eigenvalue weighted by atomic mass is 32.1. The fourth-order valence-corrected chi connectivity index (χ4v) is 2.31. The van der Waals surface area contributed by atoms with E-state index >= 15 is 0 Å². The Balaban J connectivity index is 2.49. The predicted octanol–water partition coefficient (Wildman–Crippen LogP) is 2.73. The summed E-state index contributed by atoms with van der Waals surface area (Å²) < 4.78 is 27.2. The lowest BCUT2D eigenvalue weighted by Crippen LogP contribution is -2.20. The van der Waals surface area contributed by atoms with Crippen molar-refractivity contribution in [1.82, 2.24) is 10.3 Å². The highest BCUT2D eigenvalue weighted by Crippen LogP contribution is 2.27. The monoisotopic (exact) mass is 240 g/mol. The Bertz CT molecular complexity index is 451. The van der Waals surface area contributed by atoms with E-state index in [1.165, 1.54) is 29.5 Å². The molecular weight excluding hydrogens is 230 g/mol. The number of hydrogen-bond donors (Lipinski definition) is 1. The summed E-state index contributed by atoms with van der Waals surface area (Å²) in [6.45, 7) is 0. The van der Waals surface area contributed by atoms with Crippen LogP contribution in [-0.2, 0) is 0 Å². The third-order valence-electron chi connectivity index (χ3n) is 2.28. The van der Waals surface area contributed by atoms with Gasteiger partial charge < -0.3 is 5.32 Å². The molecule has 0 saturated carbocycles. The van der Waals surface area contributed by atoms with Crippen LogP contribution in [-0.4, -0.2) is 12.0 Å². The summed E-state index contributed by atoms with van der Waals surface area (Å²) in [5.74, 6) is -1.12. The van der Waals surface area contributed by atoms with E-state index < -0.39 is 17.7 Å². The van der Waals surface area contributed by atoms with E-state index in [9.17, 15) is 8.78 Å². The molecule has 0 saturated heterocycles. The molecule has 2 aromatic rings. The summed E-state index contributed by atoms with van der Waals surface area (Å²) in [6.07, 6.45) is 1.61. The molecule has 1 heterocycles. The lowest BCUT2D eigenvalue weighted by molar-refractivity contribution is 0.521. The number of halogens is 2. The van der Waals surface area contributed by atoms with Gasteiger partial charge in [0, 0.05) is 17.1 Å². The van der Waals surface area contributed by atoms with Gasteiger partial charge in [0.1, 0.15) is 16.6 Å². The van der Waals surface area contributed by atoms with Gasteiger partial charge in [0.2, 0.25) is 0 Å². The Morgan fingerprint density at radius 1 is 1.31 bits per heavy atom. The molecule has 16 heavy (non-hydrogen) atoms. The van der Waals surface area contributed by atoms with Crippen molar-refractivity contribution in [2.45, 2.75) is 6.04 Å². The molecule has 0 aliphatic carbocycles. The van der Waals surface area contributed by atoms with Gasteiger partial charge in [-0.2, -0.15) is 0 Å². The first-order valence-electron chi connectivity index (χ1n) is 4.74. The summed E-state index contributed by atoms with van der Waals surface area (Å²) in [5, 5.41) is 5.29. The summed E-state index contributed by atoms with van der Waals surface area (Å²) in [4.78, 5) is 4.07. The molecule has 0 fully saturated rings. The average Bonchev–Trinajstić information content (AvgIpc) is 2.77. The first-order chi connectivity index (χ1) is 7.74. The maximum absolute atomic E-state index is 13.6. The molecule has 0 amide bonds. The first kappa shape index (κ1) is 11.2. The SMILES string of the molecule is CNC(c1nccs1)c1c(F)cccc1F. The van der Waals surface area contributed by atoms with Crippen LogP contribution in [0.5, 0.6) is 0 Å². The topological polar surface area (TPSA) is 24.9 Å². The van der Waals surface area contributed by atoms with Gasteiger partial charge in [-0.25, -0.2) is 13.8 Å².